The zero-order valence-corrected chi connectivity index (χ0v) is 11.2. The van der Waals surface area contributed by atoms with E-state index in [2.05, 4.69) is 26.5 Å². The first-order chi connectivity index (χ1) is 9.24. The van der Waals surface area contributed by atoms with Crippen molar-refractivity contribution in [3.63, 3.8) is 0 Å². The molecule has 19 heavy (non-hydrogen) atoms. The van der Waals surface area contributed by atoms with E-state index in [-0.39, 0.29) is 0 Å². The second-order valence-electron chi connectivity index (χ2n) is 5.16. The molecule has 3 rings (SSSR count). The van der Waals surface area contributed by atoms with Gasteiger partial charge in [-0.15, -0.1) is 0 Å². The highest BCUT2D eigenvalue weighted by Crippen LogP contribution is 2.25. The average Bonchev–Trinajstić information content (AvgIpc) is 3.16. The molecule has 2 heterocycles. The van der Waals surface area contributed by atoms with Crippen molar-refractivity contribution < 1.29 is 0 Å². The van der Waals surface area contributed by atoms with E-state index in [1.807, 2.05) is 24.7 Å². The lowest BCUT2D eigenvalue weighted by Gasteiger charge is -2.16. The number of imidazole rings is 1. The number of hydrogen-bond donors (Lipinski definition) is 1. The molecule has 1 aliphatic rings. The highest BCUT2D eigenvalue weighted by molar-refractivity contribution is 5.59. The number of nitrogens with two attached hydrogens (primary N) is 1. The van der Waals surface area contributed by atoms with Gasteiger partial charge in [0.05, 0.1) is 18.2 Å². The molecule has 0 spiro atoms. The Bertz CT molecular complexity index is 541. The highest BCUT2D eigenvalue weighted by Gasteiger charge is 2.25. The quantitative estimate of drug-likeness (QED) is 0.884. The van der Waals surface area contributed by atoms with Crippen LogP contribution in [0.15, 0.2) is 30.9 Å². The SMILES string of the molecule is CN(CCn1cncc1-c1ccc(N)nc1)C1CC1. The lowest BCUT2D eigenvalue weighted by molar-refractivity contribution is 0.309. The number of anilines is 1. The van der Waals surface area contributed by atoms with E-state index < -0.39 is 0 Å². The first kappa shape index (κ1) is 12.2. The predicted octanol–water partition coefficient (Wildman–Crippen LogP) is 1.62. The fourth-order valence-electron chi connectivity index (χ4n) is 2.26. The molecule has 0 radical (unpaired) electrons. The van der Waals surface area contributed by atoms with Gasteiger partial charge in [-0.25, -0.2) is 9.97 Å². The Hall–Kier alpha value is -1.88. The minimum Gasteiger partial charge on any atom is -0.384 e. The number of nitrogens with zero attached hydrogens (tertiary/aromatic N) is 4. The Morgan fingerprint density at radius 3 is 2.89 bits per heavy atom. The van der Waals surface area contributed by atoms with Crippen LogP contribution < -0.4 is 5.73 Å². The summed E-state index contributed by atoms with van der Waals surface area (Å²) in [6.07, 6.45) is 8.24. The largest absolute Gasteiger partial charge is 0.384 e. The second-order valence-corrected chi connectivity index (χ2v) is 5.16. The summed E-state index contributed by atoms with van der Waals surface area (Å²) in [5, 5.41) is 0. The van der Waals surface area contributed by atoms with Gasteiger partial charge in [0, 0.05) is 30.9 Å². The molecule has 2 aromatic heterocycles. The van der Waals surface area contributed by atoms with E-state index in [0.717, 1.165) is 30.4 Å². The van der Waals surface area contributed by atoms with Crippen LogP contribution in [0.25, 0.3) is 11.3 Å². The zero-order valence-electron chi connectivity index (χ0n) is 11.2. The number of likely N-dealkylation sites (N-methyl/N-ethyl adjacent to an activating group) is 1. The average molecular weight is 257 g/mol. The maximum absolute atomic E-state index is 5.62. The summed E-state index contributed by atoms with van der Waals surface area (Å²) in [7, 11) is 2.19. The summed E-state index contributed by atoms with van der Waals surface area (Å²) >= 11 is 0. The van der Waals surface area contributed by atoms with Crippen molar-refractivity contribution in [3.05, 3.63) is 30.9 Å². The fourth-order valence-corrected chi connectivity index (χ4v) is 2.26. The molecule has 1 saturated carbocycles. The smallest absolute Gasteiger partial charge is 0.123 e. The maximum atomic E-state index is 5.62. The molecule has 2 N–H and O–H groups in total. The van der Waals surface area contributed by atoms with Gasteiger partial charge in [0.1, 0.15) is 5.82 Å². The molecular formula is C14H19N5. The minimum absolute atomic E-state index is 0.545. The molecule has 0 atom stereocenters. The van der Waals surface area contributed by atoms with Crippen molar-refractivity contribution in [2.45, 2.75) is 25.4 Å². The predicted molar refractivity (Wildman–Crippen MR) is 75.5 cm³/mol. The van der Waals surface area contributed by atoms with Crippen LogP contribution in [0.2, 0.25) is 0 Å². The summed E-state index contributed by atoms with van der Waals surface area (Å²) in [5.74, 6) is 0.545. The molecule has 0 aliphatic heterocycles. The maximum Gasteiger partial charge on any atom is 0.123 e. The number of hydrogen-bond acceptors (Lipinski definition) is 4. The Morgan fingerprint density at radius 1 is 1.37 bits per heavy atom. The van der Waals surface area contributed by atoms with Crippen molar-refractivity contribution in [1.82, 2.24) is 19.4 Å². The van der Waals surface area contributed by atoms with Crippen LogP contribution in [0.3, 0.4) is 0 Å². The number of nitrogen functional groups attached to an aromatic ring is 1. The van der Waals surface area contributed by atoms with E-state index in [0.29, 0.717) is 5.82 Å². The number of rotatable bonds is 5. The lowest BCUT2D eigenvalue weighted by Crippen LogP contribution is -2.25. The standard InChI is InChI=1S/C14H19N5/c1-18(12-3-4-12)6-7-19-10-16-9-13(19)11-2-5-14(15)17-8-11/h2,5,8-10,12H,3-4,6-7H2,1H3,(H2,15,17). The Balaban J connectivity index is 1.72. The van der Waals surface area contributed by atoms with E-state index >= 15 is 0 Å². The van der Waals surface area contributed by atoms with Crippen molar-refractivity contribution in [2.75, 3.05) is 19.3 Å². The van der Waals surface area contributed by atoms with E-state index in [1.165, 1.54) is 12.8 Å². The van der Waals surface area contributed by atoms with Gasteiger partial charge in [0.25, 0.3) is 0 Å². The molecule has 0 saturated heterocycles. The van der Waals surface area contributed by atoms with Crippen LogP contribution >= 0.6 is 0 Å². The third-order valence-electron chi connectivity index (χ3n) is 3.66. The normalized spacial score (nSPS) is 15.1. The van der Waals surface area contributed by atoms with Gasteiger partial charge in [0.15, 0.2) is 0 Å². The first-order valence-electron chi connectivity index (χ1n) is 6.66. The molecule has 1 aliphatic carbocycles. The molecule has 5 heteroatoms. The van der Waals surface area contributed by atoms with Crippen LogP contribution in [0.5, 0.6) is 0 Å². The number of pyridine rings is 1. The van der Waals surface area contributed by atoms with Gasteiger partial charge < -0.3 is 15.2 Å². The summed E-state index contributed by atoms with van der Waals surface area (Å²) in [6.45, 7) is 2.00. The van der Waals surface area contributed by atoms with E-state index in [9.17, 15) is 0 Å². The first-order valence-corrected chi connectivity index (χ1v) is 6.66. The molecule has 0 amide bonds. The Labute approximate surface area is 113 Å². The summed E-state index contributed by atoms with van der Waals surface area (Å²) < 4.78 is 2.17. The number of aromatic nitrogens is 3. The van der Waals surface area contributed by atoms with Gasteiger partial charge >= 0.3 is 0 Å². The zero-order chi connectivity index (χ0) is 13.2. The summed E-state index contributed by atoms with van der Waals surface area (Å²) in [5.41, 5.74) is 7.77. The highest BCUT2D eigenvalue weighted by atomic mass is 15.2. The Morgan fingerprint density at radius 2 is 2.21 bits per heavy atom. The molecule has 100 valence electrons. The fraction of sp³-hybridized carbons (Fsp3) is 0.429. The summed E-state index contributed by atoms with van der Waals surface area (Å²) in [6, 6.07) is 4.61. The van der Waals surface area contributed by atoms with Crippen molar-refractivity contribution >= 4 is 5.82 Å². The molecule has 2 aromatic rings. The monoisotopic (exact) mass is 257 g/mol. The van der Waals surface area contributed by atoms with Crippen LogP contribution in [0.1, 0.15) is 12.8 Å². The van der Waals surface area contributed by atoms with Crippen molar-refractivity contribution in [1.29, 1.82) is 0 Å². The molecule has 1 fully saturated rings. The van der Waals surface area contributed by atoms with Crippen molar-refractivity contribution in [3.8, 4) is 11.3 Å². The second kappa shape index (κ2) is 5.01. The van der Waals surface area contributed by atoms with Gasteiger partial charge in [-0.2, -0.15) is 0 Å². The Kier molecular flexibility index (Phi) is 3.21. The third-order valence-corrected chi connectivity index (χ3v) is 3.66. The molecule has 0 aromatic carbocycles. The van der Waals surface area contributed by atoms with Gasteiger partial charge in [-0.1, -0.05) is 0 Å². The molecule has 0 bridgehead atoms. The summed E-state index contributed by atoms with van der Waals surface area (Å²) in [4.78, 5) is 10.8. The van der Waals surface area contributed by atoms with Crippen LogP contribution in [-0.2, 0) is 6.54 Å². The third kappa shape index (κ3) is 2.76. The van der Waals surface area contributed by atoms with Crippen molar-refractivity contribution in [2.24, 2.45) is 0 Å². The van der Waals surface area contributed by atoms with Gasteiger partial charge in [0.2, 0.25) is 0 Å². The topological polar surface area (TPSA) is 60.0 Å². The van der Waals surface area contributed by atoms with E-state index in [1.54, 1.807) is 6.20 Å². The van der Waals surface area contributed by atoms with Gasteiger partial charge in [-0.05, 0) is 32.0 Å². The van der Waals surface area contributed by atoms with Crippen LogP contribution in [-0.4, -0.2) is 39.1 Å². The minimum atomic E-state index is 0.545. The van der Waals surface area contributed by atoms with Gasteiger partial charge in [-0.3, -0.25) is 0 Å². The van der Waals surface area contributed by atoms with E-state index in [4.69, 9.17) is 5.73 Å². The van der Waals surface area contributed by atoms with Crippen LogP contribution in [0.4, 0.5) is 5.82 Å². The van der Waals surface area contributed by atoms with Crippen LogP contribution in [0, 0.1) is 0 Å². The molecule has 5 nitrogen and oxygen atoms in total. The molecule has 0 unspecified atom stereocenters. The molecular weight excluding hydrogens is 238 g/mol. The lowest BCUT2D eigenvalue weighted by atomic mass is 10.2.